The van der Waals surface area contributed by atoms with Crippen molar-refractivity contribution in [2.75, 3.05) is 18.8 Å². The highest BCUT2D eigenvalue weighted by atomic mass is 32.2. The second-order valence-electron chi connectivity index (χ2n) is 15.5. The number of rotatable bonds is 15. The number of likely N-dealkylation sites (tertiary alicyclic amines) is 1. The number of benzene rings is 1. The lowest BCUT2D eigenvalue weighted by Gasteiger charge is -2.40. The van der Waals surface area contributed by atoms with E-state index in [-0.39, 0.29) is 54.8 Å². The molecule has 1 unspecified atom stereocenters. The predicted octanol–water partition coefficient (Wildman–Crippen LogP) is 3.52. The van der Waals surface area contributed by atoms with Gasteiger partial charge < -0.3 is 26.2 Å². The Labute approximate surface area is 315 Å². The van der Waals surface area contributed by atoms with Crippen LogP contribution in [0.15, 0.2) is 47.4 Å². The minimum atomic E-state index is -3.75. The molecule has 2 fully saturated rings. The molecular formula is C40H55N5O7S. The van der Waals surface area contributed by atoms with E-state index in [1.807, 2.05) is 26.0 Å². The van der Waals surface area contributed by atoms with Crippen LogP contribution < -0.4 is 21.3 Å². The van der Waals surface area contributed by atoms with Crippen LogP contribution in [0.25, 0.3) is 0 Å². The van der Waals surface area contributed by atoms with E-state index in [0.717, 1.165) is 19.3 Å². The summed E-state index contributed by atoms with van der Waals surface area (Å²) in [5.74, 6) is 1.34. The van der Waals surface area contributed by atoms with E-state index in [0.29, 0.717) is 12.8 Å². The summed E-state index contributed by atoms with van der Waals surface area (Å²) in [6, 6.07) is 4.03. The number of hydrogen-bond acceptors (Lipinski definition) is 7. The molecule has 0 spiro atoms. The smallest absolute Gasteiger partial charge is 0.315 e. The zero-order valence-corrected chi connectivity index (χ0v) is 32.4. The maximum Gasteiger partial charge on any atom is 0.315 e. The van der Waals surface area contributed by atoms with E-state index >= 15 is 0 Å². The number of ketones is 1. The molecule has 1 aromatic carbocycles. The van der Waals surface area contributed by atoms with Gasteiger partial charge in [-0.1, -0.05) is 90.2 Å². The van der Waals surface area contributed by atoms with Crippen molar-refractivity contribution >= 4 is 39.4 Å². The highest BCUT2D eigenvalue weighted by molar-refractivity contribution is 7.91. The van der Waals surface area contributed by atoms with Gasteiger partial charge in [0.25, 0.3) is 5.91 Å². The SMILES string of the molecule is C#CCCC(NC(=O)[C@@H]1C[C@@H](/C=C/C(C)C)CN1C(=O)[C@@H](NC(=O)NC1(CS(=O)(=O)c2ccccc2)CCCCC1)C(C)(C)C)C(=O)C(=O)NCC#C. The number of Topliss-reactive ketones (excluding diaryl/α,β-unsaturated/α-hetero) is 1. The third-order valence-corrected chi connectivity index (χ3v) is 11.5. The fourth-order valence-electron chi connectivity index (χ4n) is 6.85. The molecule has 53 heavy (non-hydrogen) atoms. The van der Waals surface area contributed by atoms with Gasteiger partial charge in [0.2, 0.25) is 17.6 Å². The molecule has 1 aromatic rings. The second kappa shape index (κ2) is 18.9. The van der Waals surface area contributed by atoms with Crippen LogP contribution in [-0.4, -0.2) is 85.4 Å². The van der Waals surface area contributed by atoms with Crippen molar-refractivity contribution in [2.24, 2.45) is 17.3 Å². The molecular weight excluding hydrogens is 695 g/mol. The molecule has 4 N–H and O–H groups in total. The van der Waals surface area contributed by atoms with Crippen molar-refractivity contribution in [3.05, 3.63) is 42.5 Å². The van der Waals surface area contributed by atoms with Gasteiger partial charge in [0, 0.05) is 13.0 Å². The van der Waals surface area contributed by atoms with E-state index < -0.39 is 68.5 Å². The number of carbonyl (C=O) groups is 5. The first-order chi connectivity index (χ1) is 24.9. The van der Waals surface area contributed by atoms with Crippen LogP contribution in [0.5, 0.6) is 0 Å². The van der Waals surface area contributed by atoms with Gasteiger partial charge in [-0.25, -0.2) is 13.2 Å². The van der Waals surface area contributed by atoms with Gasteiger partial charge in [0.15, 0.2) is 9.84 Å². The fourth-order valence-corrected chi connectivity index (χ4v) is 8.68. The summed E-state index contributed by atoms with van der Waals surface area (Å²) in [5.41, 5.74) is -1.88. The summed E-state index contributed by atoms with van der Waals surface area (Å²) < 4.78 is 27.0. The minimum absolute atomic E-state index is 0.00399. The Morgan fingerprint density at radius 1 is 1.00 bits per heavy atom. The molecule has 0 aromatic heterocycles. The number of allylic oxidation sites excluding steroid dienone is 1. The fraction of sp³-hybridized carbons (Fsp3) is 0.575. The predicted molar refractivity (Wildman–Crippen MR) is 204 cm³/mol. The molecule has 1 aliphatic carbocycles. The number of amides is 5. The van der Waals surface area contributed by atoms with E-state index in [1.165, 1.54) is 17.0 Å². The van der Waals surface area contributed by atoms with Crippen molar-refractivity contribution in [3.8, 4) is 24.7 Å². The van der Waals surface area contributed by atoms with Gasteiger partial charge >= 0.3 is 6.03 Å². The summed E-state index contributed by atoms with van der Waals surface area (Å²) in [6.07, 6.45) is 18.2. The molecule has 4 atom stereocenters. The van der Waals surface area contributed by atoms with Gasteiger partial charge in [-0.05, 0) is 55.1 Å². The number of hydrogen-bond donors (Lipinski definition) is 4. The Morgan fingerprint density at radius 3 is 2.25 bits per heavy atom. The van der Waals surface area contributed by atoms with E-state index in [4.69, 9.17) is 12.8 Å². The minimum Gasteiger partial charge on any atom is -0.344 e. The van der Waals surface area contributed by atoms with Crippen LogP contribution in [-0.2, 0) is 29.0 Å². The Hall–Kier alpha value is -4.62. The maximum absolute atomic E-state index is 14.5. The van der Waals surface area contributed by atoms with Crippen LogP contribution in [0.1, 0.15) is 86.0 Å². The van der Waals surface area contributed by atoms with Gasteiger partial charge in [-0.2, -0.15) is 0 Å². The average molecular weight is 750 g/mol. The second-order valence-corrected chi connectivity index (χ2v) is 17.5. The highest BCUT2D eigenvalue weighted by Gasteiger charge is 2.46. The van der Waals surface area contributed by atoms with Gasteiger partial charge in [0.05, 0.1) is 28.8 Å². The number of nitrogens with zero attached hydrogens (tertiary/aromatic N) is 1. The molecule has 3 rings (SSSR count). The number of terminal acetylenes is 2. The van der Waals surface area contributed by atoms with Gasteiger partial charge in [-0.3, -0.25) is 19.2 Å². The first kappa shape index (κ1) is 42.8. The Morgan fingerprint density at radius 2 is 1.66 bits per heavy atom. The van der Waals surface area contributed by atoms with E-state index in [1.54, 1.807) is 39.0 Å². The lowest BCUT2D eigenvalue weighted by Crippen LogP contribution is -2.63. The van der Waals surface area contributed by atoms with Crippen LogP contribution in [0.2, 0.25) is 0 Å². The van der Waals surface area contributed by atoms with Crippen LogP contribution in [0, 0.1) is 41.9 Å². The molecule has 1 heterocycles. The molecule has 5 amide bonds. The maximum atomic E-state index is 14.5. The van der Waals surface area contributed by atoms with E-state index in [2.05, 4.69) is 33.1 Å². The first-order valence-corrected chi connectivity index (χ1v) is 19.9. The van der Waals surface area contributed by atoms with Crippen molar-refractivity contribution in [1.29, 1.82) is 0 Å². The van der Waals surface area contributed by atoms with Gasteiger partial charge in [-0.15, -0.1) is 18.8 Å². The quantitative estimate of drug-likeness (QED) is 0.121. The summed E-state index contributed by atoms with van der Waals surface area (Å²) in [4.78, 5) is 69.4. The molecule has 12 nitrogen and oxygen atoms in total. The molecule has 1 aliphatic heterocycles. The zero-order valence-electron chi connectivity index (χ0n) is 31.6. The first-order valence-electron chi connectivity index (χ1n) is 18.3. The Balaban J connectivity index is 1.90. The van der Waals surface area contributed by atoms with Crippen molar-refractivity contribution < 1.29 is 32.4 Å². The largest absolute Gasteiger partial charge is 0.344 e. The number of urea groups is 1. The zero-order chi connectivity index (χ0) is 39.4. The normalized spacial score (nSPS) is 19.7. The standard InChI is InChI=1S/C40H55N5O7S/c1-8-10-19-31(33(46)36(48)41-24-9-2)42-35(47)32-25-29(21-20-28(3)4)26-45(32)37(49)34(39(5,6)7)43-38(50)44-40(22-15-12-16-23-40)27-53(51,52)30-17-13-11-14-18-30/h1-2,11,13-14,17-18,20-21,28-29,31-32,34H,10,12,15-16,19,22-27H2,3-7H3,(H,41,48)(H,42,47)(H2,43,44,50)/b21-20+/t29-,31?,32+,34-/m1/s1. The summed E-state index contributed by atoms with van der Waals surface area (Å²) in [6.45, 7) is 9.38. The molecule has 288 valence electrons. The van der Waals surface area contributed by atoms with Crippen molar-refractivity contribution in [2.45, 2.75) is 115 Å². The highest BCUT2D eigenvalue weighted by Crippen LogP contribution is 2.33. The lowest BCUT2D eigenvalue weighted by atomic mass is 9.83. The molecule has 0 radical (unpaired) electrons. The summed E-state index contributed by atoms with van der Waals surface area (Å²) in [5, 5.41) is 10.8. The molecule has 13 heteroatoms. The lowest BCUT2D eigenvalue weighted by molar-refractivity contribution is -0.143. The molecule has 0 bridgehead atoms. The third-order valence-electron chi connectivity index (χ3n) is 9.62. The van der Waals surface area contributed by atoms with Crippen LogP contribution >= 0.6 is 0 Å². The summed E-state index contributed by atoms with van der Waals surface area (Å²) in [7, 11) is -3.75. The average Bonchev–Trinajstić information content (AvgIpc) is 3.54. The van der Waals surface area contributed by atoms with Crippen LogP contribution in [0.3, 0.4) is 0 Å². The van der Waals surface area contributed by atoms with Gasteiger partial charge in [0.1, 0.15) is 12.1 Å². The third kappa shape index (κ3) is 12.2. The topological polar surface area (TPSA) is 171 Å². The van der Waals surface area contributed by atoms with Crippen molar-refractivity contribution in [1.82, 2.24) is 26.2 Å². The van der Waals surface area contributed by atoms with Crippen LogP contribution in [0.4, 0.5) is 4.79 Å². The van der Waals surface area contributed by atoms with E-state index in [9.17, 15) is 32.4 Å². The molecule has 2 aliphatic rings. The Bertz CT molecular complexity index is 1700. The number of carbonyl (C=O) groups excluding carboxylic acids is 5. The summed E-state index contributed by atoms with van der Waals surface area (Å²) >= 11 is 0. The molecule has 1 saturated carbocycles. The van der Waals surface area contributed by atoms with Crippen molar-refractivity contribution in [3.63, 3.8) is 0 Å². The number of nitrogens with one attached hydrogen (secondary N) is 4. The molecule has 1 saturated heterocycles. The number of sulfone groups is 1. The monoisotopic (exact) mass is 749 g/mol. The Kier molecular flexibility index (Phi) is 15.3.